The highest BCUT2D eigenvalue weighted by atomic mass is 79.9. The molecular formula is C23H22BrFN2O5S. The van der Waals surface area contributed by atoms with Gasteiger partial charge in [0, 0.05) is 10.5 Å². The van der Waals surface area contributed by atoms with Gasteiger partial charge in [0.1, 0.15) is 12.4 Å². The van der Waals surface area contributed by atoms with Crippen LogP contribution in [0.1, 0.15) is 5.56 Å². The molecule has 0 aromatic heterocycles. The van der Waals surface area contributed by atoms with E-state index in [0.29, 0.717) is 10.2 Å². The topological polar surface area (TPSA) is 84.9 Å². The molecule has 0 aliphatic carbocycles. The second-order valence-corrected chi connectivity index (χ2v) is 9.81. The van der Waals surface area contributed by atoms with Gasteiger partial charge in [0.15, 0.2) is 11.5 Å². The van der Waals surface area contributed by atoms with Gasteiger partial charge in [0.2, 0.25) is 5.91 Å². The highest BCUT2D eigenvalue weighted by molar-refractivity contribution is 9.10. The number of amides is 1. The molecule has 0 bridgehead atoms. The van der Waals surface area contributed by atoms with E-state index in [1.807, 2.05) is 6.92 Å². The van der Waals surface area contributed by atoms with Gasteiger partial charge in [0.25, 0.3) is 10.0 Å². The van der Waals surface area contributed by atoms with E-state index in [4.69, 9.17) is 9.47 Å². The number of anilines is 2. The van der Waals surface area contributed by atoms with Crippen LogP contribution in [0.3, 0.4) is 0 Å². The van der Waals surface area contributed by atoms with Gasteiger partial charge < -0.3 is 14.8 Å². The largest absolute Gasteiger partial charge is 0.493 e. The van der Waals surface area contributed by atoms with Gasteiger partial charge >= 0.3 is 0 Å². The van der Waals surface area contributed by atoms with E-state index >= 15 is 0 Å². The van der Waals surface area contributed by atoms with Crippen molar-refractivity contribution < 1.29 is 27.1 Å². The van der Waals surface area contributed by atoms with Gasteiger partial charge in [-0.25, -0.2) is 12.8 Å². The van der Waals surface area contributed by atoms with Gasteiger partial charge in [-0.3, -0.25) is 9.10 Å². The first-order valence-electron chi connectivity index (χ1n) is 9.72. The van der Waals surface area contributed by atoms with Crippen molar-refractivity contribution in [3.8, 4) is 11.5 Å². The van der Waals surface area contributed by atoms with Crippen molar-refractivity contribution in [2.75, 3.05) is 30.4 Å². The molecule has 174 valence electrons. The van der Waals surface area contributed by atoms with E-state index in [0.717, 1.165) is 9.87 Å². The summed E-state index contributed by atoms with van der Waals surface area (Å²) in [4.78, 5) is 12.7. The normalized spacial score (nSPS) is 11.1. The maximum absolute atomic E-state index is 14.2. The summed E-state index contributed by atoms with van der Waals surface area (Å²) in [6.45, 7) is 1.29. The number of benzene rings is 3. The number of nitrogens with one attached hydrogen (secondary N) is 1. The Kier molecular flexibility index (Phi) is 7.60. The summed E-state index contributed by atoms with van der Waals surface area (Å²) in [5, 5.41) is 2.43. The zero-order valence-electron chi connectivity index (χ0n) is 18.1. The van der Waals surface area contributed by atoms with Crippen molar-refractivity contribution in [1.82, 2.24) is 0 Å². The number of ether oxygens (including phenoxy) is 2. The monoisotopic (exact) mass is 536 g/mol. The first kappa shape index (κ1) is 24.5. The van der Waals surface area contributed by atoms with Crippen LogP contribution in [0.2, 0.25) is 0 Å². The number of methoxy groups -OCH3 is 2. The van der Waals surface area contributed by atoms with E-state index in [2.05, 4.69) is 21.2 Å². The van der Waals surface area contributed by atoms with Gasteiger partial charge in [-0.1, -0.05) is 33.6 Å². The van der Waals surface area contributed by atoms with Crippen LogP contribution in [0.4, 0.5) is 15.8 Å². The van der Waals surface area contributed by atoms with Crippen molar-refractivity contribution in [3.63, 3.8) is 0 Å². The number of rotatable bonds is 8. The lowest BCUT2D eigenvalue weighted by Gasteiger charge is -2.24. The molecule has 3 aromatic carbocycles. The second kappa shape index (κ2) is 10.2. The lowest BCUT2D eigenvalue weighted by atomic mass is 10.2. The van der Waals surface area contributed by atoms with Gasteiger partial charge in [-0.15, -0.1) is 0 Å². The Morgan fingerprint density at radius 1 is 1.00 bits per heavy atom. The molecule has 0 aliphatic rings. The molecule has 7 nitrogen and oxygen atoms in total. The fourth-order valence-electron chi connectivity index (χ4n) is 3.04. The molecule has 0 saturated carbocycles. The Hall–Kier alpha value is -3.11. The zero-order valence-corrected chi connectivity index (χ0v) is 20.5. The van der Waals surface area contributed by atoms with E-state index in [9.17, 15) is 17.6 Å². The molecule has 10 heteroatoms. The molecule has 0 radical (unpaired) electrons. The number of halogens is 2. The molecule has 0 atom stereocenters. The van der Waals surface area contributed by atoms with Gasteiger partial charge in [0.05, 0.1) is 30.5 Å². The van der Waals surface area contributed by atoms with Crippen molar-refractivity contribution >= 4 is 43.2 Å². The van der Waals surface area contributed by atoms with Crippen molar-refractivity contribution in [2.24, 2.45) is 0 Å². The lowest BCUT2D eigenvalue weighted by molar-refractivity contribution is -0.114. The quantitative estimate of drug-likeness (QED) is 0.449. The summed E-state index contributed by atoms with van der Waals surface area (Å²) in [7, 11) is -1.36. The number of carbonyl (C=O) groups is 1. The Morgan fingerprint density at radius 2 is 1.67 bits per heavy atom. The van der Waals surface area contributed by atoms with Crippen LogP contribution >= 0.6 is 15.9 Å². The molecule has 3 rings (SSSR count). The number of hydrogen-bond donors (Lipinski definition) is 1. The first-order valence-corrected chi connectivity index (χ1v) is 12.0. The third kappa shape index (κ3) is 5.63. The second-order valence-electron chi connectivity index (χ2n) is 7.04. The number of hydrogen-bond acceptors (Lipinski definition) is 5. The third-order valence-corrected chi connectivity index (χ3v) is 7.02. The molecule has 0 unspecified atom stereocenters. The maximum Gasteiger partial charge on any atom is 0.264 e. The number of nitrogens with zero attached hydrogens (tertiary/aromatic N) is 1. The van der Waals surface area contributed by atoms with Crippen LogP contribution in [-0.4, -0.2) is 35.1 Å². The lowest BCUT2D eigenvalue weighted by Crippen LogP contribution is -2.38. The summed E-state index contributed by atoms with van der Waals surface area (Å²) < 4.78 is 53.1. The Balaban J connectivity index is 1.99. The minimum atomic E-state index is -4.19. The Bertz CT molecular complexity index is 1270. The maximum atomic E-state index is 14.2. The average molecular weight is 537 g/mol. The predicted octanol–water partition coefficient (Wildman–Crippen LogP) is 4.75. The fourth-order valence-corrected chi connectivity index (χ4v) is 4.81. The third-order valence-electron chi connectivity index (χ3n) is 4.76. The molecule has 3 aromatic rings. The van der Waals surface area contributed by atoms with Crippen LogP contribution in [0.15, 0.2) is 70.0 Å². The average Bonchev–Trinajstić information content (AvgIpc) is 2.79. The number of sulfonamides is 1. The van der Waals surface area contributed by atoms with E-state index in [-0.39, 0.29) is 22.0 Å². The van der Waals surface area contributed by atoms with Crippen molar-refractivity contribution in [1.29, 1.82) is 0 Å². The van der Waals surface area contributed by atoms with Gasteiger partial charge in [-0.2, -0.15) is 0 Å². The highest BCUT2D eigenvalue weighted by Gasteiger charge is 2.28. The number of carbonyl (C=O) groups excluding carboxylic acids is 1. The molecule has 33 heavy (non-hydrogen) atoms. The van der Waals surface area contributed by atoms with Gasteiger partial charge in [-0.05, 0) is 49.4 Å². The Labute approximate surface area is 200 Å². The SMILES string of the molecule is COc1ccc(S(=O)(=O)N(CC(=O)Nc2ccc(Br)cc2F)c2ccc(C)cc2)cc1OC. The fraction of sp³-hybridized carbons (Fsp3) is 0.174. The van der Waals surface area contributed by atoms with E-state index in [1.165, 1.54) is 44.6 Å². The highest BCUT2D eigenvalue weighted by Crippen LogP contribution is 2.32. The molecule has 0 heterocycles. The van der Waals surface area contributed by atoms with Crippen LogP contribution < -0.4 is 19.1 Å². The van der Waals surface area contributed by atoms with E-state index < -0.39 is 28.3 Å². The standard InChI is InChI=1S/C23H22BrFN2O5S/c1-15-4-7-17(8-5-15)27(14-23(28)26-20-10-6-16(24)12-19(20)25)33(29,30)18-9-11-21(31-2)22(13-18)32-3/h4-13H,14H2,1-3H3,(H,26,28). The van der Waals surface area contributed by atoms with Crippen molar-refractivity contribution in [3.05, 3.63) is 76.5 Å². The zero-order chi connectivity index (χ0) is 24.2. The molecule has 1 amide bonds. The molecule has 0 spiro atoms. The molecule has 0 fully saturated rings. The van der Waals surface area contributed by atoms with Crippen molar-refractivity contribution in [2.45, 2.75) is 11.8 Å². The molecule has 0 aliphatic heterocycles. The smallest absolute Gasteiger partial charge is 0.264 e. The molecule has 1 N–H and O–H groups in total. The summed E-state index contributed by atoms with van der Waals surface area (Å²) >= 11 is 3.15. The van der Waals surface area contributed by atoms with E-state index in [1.54, 1.807) is 30.3 Å². The van der Waals surface area contributed by atoms with Crippen LogP contribution in [0, 0.1) is 12.7 Å². The summed E-state index contributed by atoms with van der Waals surface area (Å²) in [5.41, 5.74) is 1.14. The van der Waals surface area contributed by atoms with Crippen LogP contribution in [0.25, 0.3) is 0 Å². The summed E-state index contributed by atoms with van der Waals surface area (Å²) in [6.07, 6.45) is 0. The molecule has 0 saturated heterocycles. The predicted molar refractivity (Wildman–Crippen MR) is 128 cm³/mol. The number of aryl methyl sites for hydroxylation is 1. The minimum Gasteiger partial charge on any atom is -0.493 e. The van der Waals surface area contributed by atoms with Crippen LogP contribution in [-0.2, 0) is 14.8 Å². The Morgan fingerprint density at radius 3 is 2.27 bits per heavy atom. The summed E-state index contributed by atoms with van der Waals surface area (Å²) in [5.74, 6) is -0.770. The minimum absolute atomic E-state index is 0.0597. The molecular weight excluding hydrogens is 515 g/mol. The summed E-state index contributed by atoms with van der Waals surface area (Å²) in [6, 6.07) is 15.0. The first-order chi connectivity index (χ1) is 15.6. The van der Waals surface area contributed by atoms with Crippen LogP contribution in [0.5, 0.6) is 11.5 Å².